The van der Waals surface area contributed by atoms with Crippen LogP contribution < -0.4 is 0 Å². The van der Waals surface area contributed by atoms with Gasteiger partial charge in [-0.2, -0.15) is 0 Å². The minimum Gasteiger partial charge on any atom is -0.338 e. The van der Waals surface area contributed by atoms with Crippen LogP contribution >= 0.6 is 15.9 Å². The lowest BCUT2D eigenvalue weighted by molar-refractivity contribution is 0.0754. The summed E-state index contributed by atoms with van der Waals surface area (Å²) in [7, 11) is 0. The molecule has 1 fully saturated rings. The Morgan fingerprint density at radius 1 is 1.13 bits per heavy atom. The van der Waals surface area contributed by atoms with E-state index in [-0.39, 0.29) is 17.6 Å². The number of nitrogens with zero attached hydrogens (tertiary/aromatic N) is 1. The second-order valence-electron chi connectivity index (χ2n) is 6.01. The highest BCUT2D eigenvalue weighted by Crippen LogP contribution is 2.27. The van der Waals surface area contributed by atoms with Gasteiger partial charge in [0.05, 0.1) is 0 Å². The first kappa shape index (κ1) is 16.2. The van der Waals surface area contributed by atoms with E-state index in [1.54, 1.807) is 0 Å². The predicted octanol–water partition coefficient (Wildman–Crippen LogP) is 5.00. The number of hydrogen-bond acceptors (Lipinski definition) is 1. The molecule has 1 atom stereocenters. The molecule has 1 saturated heterocycles. The molecule has 1 aliphatic heterocycles. The van der Waals surface area contributed by atoms with Crippen molar-refractivity contribution in [2.45, 2.75) is 25.2 Å². The van der Waals surface area contributed by atoms with Crippen molar-refractivity contribution in [3.63, 3.8) is 0 Å². The molecule has 1 unspecified atom stereocenters. The van der Waals surface area contributed by atoms with Crippen molar-refractivity contribution in [3.05, 3.63) is 69.9 Å². The minimum atomic E-state index is -0.218. The number of amides is 1. The number of likely N-dealkylation sites (tertiary alicyclic amines) is 1. The SMILES string of the molecule is O=C(c1cccc(Br)c1)N1CCCCC(c2ccc(F)cc2)C1. The molecule has 0 aromatic heterocycles. The highest BCUT2D eigenvalue weighted by atomic mass is 79.9. The average Bonchev–Trinajstić information content (AvgIpc) is 2.81. The first-order chi connectivity index (χ1) is 11.1. The number of carbonyl (C=O) groups excluding carboxylic acids is 1. The summed E-state index contributed by atoms with van der Waals surface area (Å²) in [5, 5.41) is 0. The molecule has 23 heavy (non-hydrogen) atoms. The third-order valence-corrected chi connectivity index (χ3v) is 4.86. The lowest BCUT2D eigenvalue weighted by Crippen LogP contribution is -2.34. The Bertz CT molecular complexity index is 686. The van der Waals surface area contributed by atoms with Crippen LogP contribution in [-0.4, -0.2) is 23.9 Å². The molecule has 1 heterocycles. The van der Waals surface area contributed by atoms with E-state index >= 15 is 0 Å². The lowest BCUT2D eigenvalue weighted by atomic mass is 9.94. The standard InChI is InChI=1S/C19H19BrFNO/c20-17-6-3-5-15(12-17)19(23)22-11-2-1-4-16(13-22)14-7-9-18(21)10-8-14/h3,5-10,12,16H,1-2,4,11,13H2. The Balaban J connectivity index is 1.79. The highest BCUT2D eigenvalue weighted by molar-refractivity contribution is 9.10. The number of rotatable bonds is 2. The molecular weight excluding hydrogens is 357 g/mol. The number of halogens is 2. The maximum Gasteiger partial charge on any atom is 0.253 e. The summed E-state index contributed by atoms with van der Waals surface area (Å²) in [4.78, 5) is 14.7. The molecule has 0 radical (unpaired) electrons. The summed E-state index contributed by atoms with van der Waals surface area (Å²) in [5.41, 5.74) is 1.82. The van der Waals surface area contributed by atoms with Gasteiger partial charge in [-0.3, -0.25) is 4.79 Å². The first-order valence-electron chi connectivity index (χ1n) is 7.94. The Labute approximate surface area is 144 Å². The van der Waals surface area contributed by atoms with Crippen molar-refractivity contribution in [2.75, 3.05) is 13.1 Å². The van der Waals surface area contributed by atoms with Crippen molar-refractivity contribution in [1.82, 2.24) is 4.90 Å². The summed E-state index contributed by atoms with van der Waals surface area (Å²) in [6.07, 6.45) is 3.13. The second kappa shape index (κ2) is 7.26. The van der Waals surface area contributed by atoms with Crippen LogP contribution in [0.2, 0.25) is 0 Å². The highest BCUT2D eigenvalue weighted by Gasteiger charge is 2.24. The summed E-state index contributed by atoms with van der Waals surface area (Å²) in [6, 6.07) is 14.2. The van der Waals surface area contributed by atoms with E-state index in [0.29, 0.717) is 12.1 Å². The van der Waals surface area contributed by atoms with E-state index in [9.17, 15) is 9.18 Å². The zero-order valence-corrected chi connectivity index (χ0v) is 14.4. The van der Waals surface area contributed by atoms with Crippen LogP contribution in [-0.2, 0) is 0 Å². The van der Waals surface area contributed by atoms with Gasteiger partial charge in [0, 0.05) is 29.0 Å². The summed E-state index contributed by atoms with van der Waals surface area (Å²) < 4.78 is 14.0. The molecule has 2 nitrogen and oxygen atoms in total. The molecule has 0 bridgehead atoms. The fourth-order valence-electron chi connectivity index (χ4n) is 3.14. The minimum absolute atomic E-state index is 0.0697. The third-order valence-electron chi connectivity index (χ3n) is 4.37. The van der Waals surface area contributed by atoms with E-state index in [1.807, 2.05) is 41.3 Å². The molecule has 0 aliphatic carbocycles. The molecule has 4 heteroatoms. The van der Waals surface area contributed by atoms with E-state index in [4.69, 9.17) is 0 Å². The molecule has 3 rings (SSSR count). The fourth-order valence-corrected chi connectivity index (χ4v) is 3.54. The summed E-state index contributed by atoms with van der Waals surface area (Å²) >= 11 is 3.42. The quantitative estimate of drug-likeness (QED) is 0.723. The molecule has 1 amide bonds. The Hall–Kier alpha value is -1.68. The molecule has 0 spiro atoms. The second-order valence-corrected chi connectivity index (χ2v) is 6.92. The topological polar surface area (TPSA) is 20.3 Å². The van der Waals surface area contributed by atoms with Gasteiger partial charge in [0.25, 0.3) is 5.91 Å². The van der Waals surface area contributed by atoms with Crippen LogP contribution in [0.15, 0.2) is 53.0 Å². The van der Waals surface area contributed by atoms with Crippen molar-refractivity contribution in [1.29, 1.82) is 0 Å². The van der Waals surface area contributed by atoms with Gasteiger partial charge in [0.15, 0.2) is 0 Å². The maximum atomic E-state index is 13.1. The van der Waals surface area contributed by atoms with Crippen molar-refractivity contribution in [3.8, 4) is 0 Å². The monoisotopic (exact) mass is 375 g/mol. The van der Waals surface area contributed by atoms with Crippen LogP contribution in [0.4, 0.5) is 4.39 Å². The van der Waals surface area contributed by atoms with Crippen LogP contribution in [0.1, 0.15) is 41.1 Å². The van der Waals surface area contributed by atoms with Gasteiger partial charge < -0.3 is 4.90 Å². The molecule has 120 valence electrons. The molecule has 1 aliphatic rings. The normalized spacial score (nSPS) is 18.5. The van der Waals surface area contributed by atoms with Gasteiger partial charge in [-0.15, -0.1) is 0 Å². The van der Waals surface area contributed by atoms with E-state index in [2.05, 4.69) is 15.9 Å². The summed E-state index contributed by atoms with van der Waals surface area (Å²) in [6.45, 7) is 1.47. The lowest BCUT2D eigenvalue weighted by Gasteiger charge is -2.25. The molecular formula is C19H19BrFNO. The molecule has 0 saturated carbocycles. The number of hydrogen-bond donors (Lipinski definition) is 0. The zero-order valence-electron chi connectivity index (χ0n) is 12.8. The van der Waals surface area contributed by atoms with Gasteiger partial charge in [-0.1, -0.05) is 40.5 Å². The van der Waals surface area contributed by atoms with Crippen molar-refractivity contribution in [2.24, 2.45) is 0 Å². The first-order valence-corrected chi connectivity index (χ1v) is 8.73. The maximum absolute atomic E-state index is 13.1. The number of carbonyl (C=O) groups is 1. The summed E-state index contributed by atoms with van der Waals surface area (Å²) in [5.74, 6) is 0.124. The molecule has 2 aromatic carbocycles. The number of benzene rings is 2. The van der Waals surface area contributed by atoms with E-state index < -0.39 is 0 Å². The van der Waals surface area contributed by atoms with Crippen LogP contribution in [0.3, 0.4) is 0 Å². The Kier molecular flexibility index (Phi) is 5.11. The van der Waals surface area contributed by atoms with Gasteiger partial charge in [0.2, 0.25) is 0 Å². The van der Waals surface area contributed by atoms with Crippen molar-refractivity contribution < 1.29 is 9.18 Å². The van der Waals surface area contributed by atoms with Gasteiger partial charge in [0.1, 0.15) is 5.82 Å². The average molecular weight is 376 g/mol. The van der Waals surface area contributed by atoms with Crippen LogP contribution in [0.25, 0.3) is 0 Å². The van der Waals surface area contributed by atoms with Crippen LogP contribution in [0.5, 0.6) is 0 Å². The van der Waals surface area contributed by atoms with Gasteiger partial charge in [-0.05, 0) is 48.7 Å². The molecule has 2 aromatic rings. The Morgan fingerprint density at radius 2 is 1.91 bits per heavy atom. The molecule has 0 N–H and O–H groups in total. The largest absolute Gasteiger partial charge is 0.338 e. The Morgan fingerprint density at radius 3 is 2.65 bits per heavy atom. The fraction of sp³-hybridized carbons (Fsp3) is 0.316. The van der Waals surface area contributed by atoms with Crippen LogP contribution in [0, 0.1) is 5.82 Å². The predicted molar refractivity (Wildman–Crippen MR) is 93.0 cm³/mol. The van der Waals surface area contributed by atoms with E-state index in [1.165, 1.54) is 12.1 Å². The smallest absolute Gasteiger partial charge is 0.253 e. The van der Waals surface area contributed by atoms with Crippen molar-refractivity contribution >= 4 is 21.8 Å². The zero-order chi connectivity index (χ0) is 16.2. The van der Waals surface area contributed by atoms with E-state index in [0.717, 1.165) is 35.8 Å². The van der Waals surface area contributed by atoms with Gasteiger partial charge in [-0.25, -0.2) is 4.39 Å². The van der Waals surface area contributed by atoms with Gasteiger partial charge >= 0.3 is 0 Å². The third kappa shape index (κ3) is 3.99.